The number of carbonyl (C=O) groups is 2. The summed E-state index contributed by atoms with van der Waals surface area (Å²) in [7, 11) is 0. The number of nitrogens with zero attached hydrogens (tertiary/aromatic N) is 2. The number of amides is 2. The fraction of sp³-hybridized carbons (Fsp3) is 0.654. The van der Waals surface area contributed by atoms with Gasteiger partial charge in [0.15, 0.2) is 5.92 Å². The highest BCUT2D eigenvalue weighted by atomic mass is 19.4. The van der Waals surface area contributed by atoms with Crippen LogP contribution < -0.4 is 15.4 Å². The predicted octanol–water partition coefficient (Wildman–Crippen LogP) is 6.27. The third-order valence-corrected chi connectivity index (χ3v) is 5.94. The molecule has 14 heteroatoms. The lowest BCUT2D eigenvalue weighted by Gasteiger charge is -2.32. The van der Waals surface area contributed by atoms with Crippen molar-refractivity contribution in [1.82, 2.24) is 20.2 Å². The zero-order chi connectivity index (χ0) is 30.7. The van der Waals surface area contributed by atoms with E-state index in [0.29, 0.717) is 18.4 Å². The van der Waals surface area contributed by atoms with Gasteiger partial charge in [0.05, 0.1) is 28.9 Å². The highest BCUT2D eigenvalue weighted by Crippen LogP contribution is 2.41. The molecular formula is C26H36F6N4O4. The van der Waals surface area contributed by atoms with Crippen molar-refractivity contribution in [3.8, 4) is 5.88 Å². The number of ether oxygens (including phenoxy) is 2. The predicted molar refractivity (Wildman–Crippen MR) is 135 cm³/mol. The molecule has 226 valence electrons. The number of hydrogen-bond acceptors (Lipinski definition) is 5. The molecule has 1 atom stereocenters. The van der Waals surface area contributed by atoms with Crippen molar-refractivity contribution in [2.24, 2.45) is 5.92 Å². The molecular weight excluding hydrogens is 546 g/mol. The van der Waals surface area contributed by atoms with Crippen molar-refractivity contribution in [2.45, 2.75) is 91.2 Å². The van der Waals surface area contributed by atoms with Gasteiger partial charge in [-0.1, -0.05) is 13.3 Å². The standard InChI is InChI=1S/C26H36F6N4O4/c1-8-10-24(7,34-22(38)40-23(4,5)6)14-33-21(37)20-16(3)35-36-17(20)12-15(2)13-19(36)39-11-9-18(25(27,28)29)26(30,31)32/h12-13,18H,8-11,14H2,1-7H3,(H,33,37)(H,34,38). The van der Waals surface area contributed by atoms with Gasteiger partial charge in [-0.25, -0.2) is 4.79 Å². The van der Waals surface area contributed by atoms with Crippen LogP contribution in [-0.4, -0.2) is 58.3 Å². The molecule has 0 aromatic carbocycles. The number of alkyl halides is 6. The van der Waals surface area contributed by atoms with Gasteiger partial charge < -0.3 is 20.1 Å². The minimum absolute atomic E-state index is 0.0428. The van der Waals surface area contributed by atoms with Crippen molar-refractivity contribution >= 4 is 17.5 Å². The van der Waals surface area contributed by atoms with Crippen molar-refractivity contribution < 1.29 is 45.4 Å². The largest absolute Gasteiger partial charge is 0.478 e. The number of fused-ring (bicyclic) bond motifs is 1. The number of rotatable bonds is 10. The molecule has 0 aliphatic heterocycles. The second-order valence-corrected chi connectivity index (χ2v) is 11.0. The number of carbonyl (C=O) groups excluding carboxylic acids is 2. The number of halogens is 6. The summed E-state index contributed by atoms with van der Waals surface area (Å²) in [5.74, 6) is -4.18. The quantitative estimate of drug-likeness (QED) is 0.322. The fourth-order valence-corrected chi connectivity index (χ4v) is 4.20. The minimum atomic E-state index is -5.47. The maximum absolute atomic E-state index is 13.3. The lowest BCUT2D eigenvalue weighted by Crippen LogP contribution is -2.54. The molecule has 0 saturated heterocycles. The Morgan fingerprint density at radius 1 is 1.02 bits per heavy atom. The van der Waals surface area contributed by atoms with Crippen molar-refractivity contribution in [1.29, 1.82) is 0 Å². The van der Waals surface area contributed by atoms with E-state index in [2.05, 4.69) is 15.7 Å². The van der Waals surface area contributed by atoms with Crippen LogP contribution in [0.4, 0.5) is 31.1 Å². The van der Waals surface area contributed by atoms with E-state index < -0.39 is 54.4 Å². The molecule has 2 heterocycles. The molecule has 1 unspecified atom stereocenters. The van der Waals surface area contributed by atoms with Crippen LogP contribution in [0.3, 0.4) is 0 Å². The SMILES string of the molecule is CCCC(C)(CNC(=O)c1c(C)nn2c(OCCC(C(F)(F)F)C(F)(F)F)cc(C)cc12)NC(=O)OC(C)(C)C. The van der Waals surface area contributed by atoms with Crippen LogP contribution in [0.2, 0.25) is 0 Å². The Labute approximate surface area is 228 Å². The lowest BCUT2D eigenvalue weighted by atomic mass is 9.96. The Hall–Kier alpha value is -3.19. The average molecular weight is 583 g/mol. The van der Waals surface area contributed by atoms with Gasteiger partial charge in [0, 0.05) is 19.0 Å². The number of alkyl carbamates (subject to hydrolysis) is 1. The van der Waals surface area contributed by atoms with E-state index in [-0.39, 0.29) is 29.2 Å². The van der Waals surface area contributed by atoms with Crippen LogP contribution in [0, 0.1) is 19.8 Å². The summed E-state index contributed by atoms with van der Waals surface area (Å²) >= 11 is 0. The number of aromatic nitrogens is 2. The summed E-state index contributed by atoms with van der Waals surface area (Å²) in [6.45, 7) is 11.2. The summed E-state index contributed by atoms with van der Waals surface area (Å²) in [5.41, 5.74) is -0.358. The molecule has 2 aromatic heterocycles. The molecule has 0 spiro atoms. The number of aryl methyl sites for hydroxylation is 2. The fourth-order valence-electron chi connectivity index (χ4n) is 4.20. The first kappa shape index (κ1) is 33.0. The third kappa shape index (κ3) is 8.91. The van der Waals surface area contributed by atoms with E-state index in [1.54, 1.807) is 40.7 Å². The average Bonchev–Trinajstić information content (AvgIpc) is 3.07. The summed E-state index contributed by atoms with van der Waals surface area (Å²) in [5, 5.41) is 9.82. The molecule has 0 bridgehead atoms. The molecule has 0 radical (unpaired) electrons. The van der Waals surface area contributed by atoms with Crippen molar-refractivity contribution in [2.75, 3.05) is 13.2 Å². The highest BCUT2D eigenvalue weighted by molar-refractivity contribution is 6.02. The second-order valence-electron chi connectivity index (χ2n) is 11.0. The first-order valence-electron chi connectivity index (χ1n) is 12.7. The van der Waals surface area contributed by atoms with Gasteiger partial charge in [-0.3, -0.25) is 4.79 Å². The summed E-state index contributed by atoms with van der Waals surface area (Å²) in [6.07, 6.45) is -11.7. The zero-order valence-electron chi connectivity index (χ0n) is 23.6. The van der Waals surface area contributed by atoms with Crippen LogP contribution in [0.1, 0.15) is 75.5 Å². The van der Waals surface area contributed by atoms with E-state index in [1.165, 1.54) is 13.0 Å². The van der Waals surface area contributed by atoms with Crippen molar-refractivity contribution in [3.05, 3.63) is 29.0 Å². The lowest BCUT2D eigenvalue weighted by molar-refractivity contribution is -0.286. The first-order valence-corrected chi connectivity index (χ1v) is 12.7. The highest BCUT2D eigenvalue weighted by Gasteiger charge is 2.56. The van der Waals surface area contributed by atoms with E-state index in [0.717, 1.165) is 4.52 Å². The molecule has 2 amide bonds. The Morgan fingerprint density at radius 3 is 2.15 bits per heavy atom. The third-order valence-electron chi connectivity index (χ3n) is 5.94. The van der Waals surface area contributed by atoms with E-state index in [9.17, 15) is 35.9 Å². The van der Waals surface area contributed by atoms with Crippen LogP contribution in [-0.2, 0) is 4.74 Å². The minimum Gasteiger partial charge on any atom is -0.478 e. The van der Waals surface area contributed by atoms with E-state index >= 15 is 0 Å². The molecule has 2 rings (SSSR count). The van der Waals surface area contributed by atoms with E-state index in [4.69, 9.17) is 9.47 Å². The topological polar surface area (TPSA) is 94.0 Å². The van der Waals surface area contributed by atoms with Crippen molar-refractivity contribution in [3.63, 3.8) is 0 Å². The molecule has 2 aromatic rings. The monoisotopic (exact) mass is 582 g/mol. The maximum atomic E-state index is 13.3. The molecule has 8 nitrogen and oxygen atoms in total. The molecule has 40 heavy (non-hydrogen) atoms. The van der Waals surface area contributed by atoms with Gasteiger partial charge >= 0.3 is 18.4 Å². The molecule has 0 aliphatic carbocycles. The van der Waals surface area contributed by atoms with Gasteiger partial charge in [-0.15, -0.1) is 0 Å². The van der Waals surface area contributed by atoms with Crippen LogP contribution in [0.25, 0.3) is 5.52 Å². The zero-order valence-corrected chi connectivity index (χ0v) is 23.6. The molecule has 0 aliphatic rings. The van der Waals surface area contributed by atoms with Gasteiger partial charge in [0.2, 0.25) is 5.88 Å². The van der Waals surface area contributed by atoms with Gasteiger partial charge in [0.1, 0.15) is 5.60 Å². The second kappa shape index (κ2) is 12.1. The summed E-state index contributed by atoms with van der Waals surface area (Å²) < 4.78 is 89.1. The molecule has 0 saturated carbocycles. The molecule has 2 N–H and O–H groups in total. The van der Waals surface area contributed by atoms with Crippen LogP contribution in [0.15, 0.2) is 12.1 Å². The molecule has 0 fully saturated rings. The number of pyridine rings is 1. The number of hydrogen-bond donors (Lipinski definition) is 2. The number of nitrogens with one attached hydrogen (secondary N) is 2. The maximum Gasteiger partial charge on any atom is 0.408 e. The Bertz CT molecular complexity index is 1190. The summed E-state index contributed by atoms with van der Waals surface area (Å²) in [4.78, 5) is 25.6. The van der Waals surface area contributed by atoms with Gasteiger partial charge in [0.25, 0.3) is 5.91 Å². The Balaban J connectivity index is 2.25. The smallest absolute Gasteiger partial charge is 0.408 e. The first-order chi connectivity index (χ1) is 18.2. The Kier molecular flexibility index (Phi) is 10.0. The van der Waals surface area contributed by atoms with E-state index in [1.807, 2.05) is 6.92 Å². The van der Waals surface area contributed by atoms with Crippen LogP contribution in [0.5, 0.6) is 5.88 Å². The van der Waals surface area contributed by atoms with Gasteiger partial charge in [-0.2, -0.15) is 36.0 Å². The Morgan fingerprint density at radius 2 is 1.62 bits per heavy atom. The normalized spacial score (nSPS) is 14.2. The van der Waals surface area contributed by atoms with Crippen LogP contribution >= 0.6 is 0 Å². The summed E-state index contributed by atoms with van der Waals surface area (Å²) in [6, 6.07) is 3.00. The van der Waals surface area contributed by atoms with Gasteiger partial charge in [-0.05, 0) is 59.6 Å².